The summed E-state index contributed by atoms with van der Waals surface area (Å²) >= 11 is 0. The number of nitrogens with one attached hydrogen (secondary N) is 4. The molecule has 2 atom stereocenters. The summed E-state index contributed by atoms with van der Waals surface area (Å²) in [6.07, 6.45) is 8.40. The largest absolute Gasteiger partial charge is 0.341 e. The van der Waals surface area contributed by atoms with Crippen LogP contribution in [0.5, 0.6) is 0 Å². The Balaban J connectivity index is 1.17. The van der Waals surface area contributed by atoms with Gasteiger partial charge in [-0.05, 0) is 56.5 Å². The molecule has 32 heavy (non-hydrogen) atoms. The first-order valence-corrected chi connectivity index (χ1v) is 11.3. The van der Waals surface area contributed by atoms with Crippen LogP contribution in [-0.4, -0.2) is 43.2 Å². The third kappa shape index (κ3) is 3.72. The molecule has 3 aromatic heterocycles. The molecule has 2 saturated heterocycles. The van der Waals surface area contributed by atoms with Crippen LogP contribution in [-0.2, 0) is 0 Å². The van der Waals surface area contributed by atoms with Crippen molar-refractivity contribution < 1.29 is 0 Å². The molecule has 0 saturated carbocycles. The highest BCUT2D eigenvalue weighted by molar-refractivity contribution is 5.67. The molecular formula is C24H26N8. The molecule has 2 aliphatic heterocycles. The second kappa shape index (κ2) is 8.29. The zero-order valence-corrected chi connectivity index (χ0v) is 17.8. The molecule has 1 aromatic carbocycles. The van der Waals surface area contributed by atoms with Crippen LogP contribution >= 0.6 is 0 Å². The van der Waals surface area contributed by atoms with Crippen molar-refractivity contribution in [3.05, 3.63) is 60.4 Å². The maximum atomic E-state index is 4.57. The van der Waals surface area contributed by atoms with Crippen molar-refractivity contribution in [2.45, 2.75) is 37.8 Å². The average molecular weight is 427 g/mol. The fourth-order valence-corrected chi connectivity index (χ4v) is 4.59. The Bertz CT molecular complexity index is 1080. The highest BCUT2D eigenvalue weighted by atomic mass is 15.1. The summed E-state index contributed by atoms with van der Waals surface area (Å²) < 4.78 is 0. The van der Waals surface area contributed by atoms with Crippen molar-refractivity contribution in [2.24, 2.45) is 0 Å². The highest BCUT2D eigenvalue weighted by Gasteiger charge is 2.20. The smallest absolute Gasteiger partial charge is 0.123 e. The second-order valence-electron chi connectivity index (χ2n) is 8.54. The van der Waals surface area contributed by atoms with E-state index in [0.717, 1.165) is 71.5 Å². The molecule has 0 spiro atoms. The van der Waals surface area contributed by atoms with E-state index >= 15 is 0 Å². The lowest BCUT2D eigenvalue weighted by Gasteiger charge is -2.06. The molecule has 2 aliphatic rings. The first-order chi connectivity index (χ1) is 15.8. The van der Waals surface area contributed by atoms with Crippen molar-refractivity contribution in [1.29, 1.82) is 0 Å². The number of aromatic nitrogens is 6. The third-order valence-electron chi connectivity index (χ3n) is 6.40. The van der Waals surface area contributed by atoms with Gasteiger partial charge in [0.15, 0.2) is 0 Å². The fraction of sp³-hybridized carbons (Fsp3) is 0.333. The van der Waals surface area contributed by atoms with Gasteiger partial charge in [-0.2, -0.15) is 0 Å². The van der Waals surface area contributed by atoms with Gasteiger partial charge in [0.05, 0.1) is 41.6 Å². The topological polar surface area (TPSA) is 107 Å². The van der Waals surface area contributed by atoms with Crippen LogP contribution in [0, 0.1) is 0 Å². The second-order valence-corrected chi connectivity index (χ2v) is 8.54. The number of benzene rings is 1. The van der Waals surface area contributed by atoms with E-state index in [2.05, 4.69) is 65.0 Å². The Hall–Kier alpha value is -3.36. The van der Waals surface area contributed by atoms with Crippen LogP contribution in [0.1, 0.15) is 49.4 Å². The van der Waals surface area contributed by atoms with Crippen molar-refractivity contribution in [2.75, 3.05) is 13.1 Å². The van der Waals surface area contributed by atoms with E-state index in [1.54, 1.807) is 0 Å². The van der Waals surface area contributed by atoms with Crippen LogP contribution in [0.3, 0.4) is 0 Å². The molecular weight excluding hydrogens is 400 g/mol. The SMILES string of the molecule is c1cc(-c2cnc([C@@H]3CCCN3)[nH]2)ccc1-c1ccc(-c2cnc([C@@H]3CCCN3)[nH]2)nn1. The third-order valence-corrected chi connectivity index (χ3v) is 6.40. The summed E-state index contributed by atoms with van der Waals surface area (Å²) in [6.45, 7) is 2.11. The van der Waals surface area contributed by atoms with Crippen LogP contribution < -0.4 is 10.6 Å². The van der Waals surface area contributed by atoms with Gasteiger partial charge in [-0.25, -0.2) is 9.97 Å². The molecule has 4 N–H and O–H groups in total. The number of imidazole rings is 2. The van der Waals surface area contributed by atoms with E-state index in [4.69, 9.17) is 0 Å². The van der Waals surface area contributed by atoms with Gasteiger partial charge in [0, 0.05) is 5.56 Å². The summed E-state index contributed by atoms with van der Waals surface area (Å²) in [5.41, 5.74) is 5.72. The Morgan fingerprint density at radius 3 is 1.78 bits per heavy atom. The first kappa shape index (κ1) is 19.3. The Labute approximate surface area is 186 Å². The predicted molar refractivity (Wildman–Crippen MR) is 123 cm³/mol. The maximum Gasteiger partial charge on any atom is 0.123 e. The number of hydrogen-bond acceptors (Lipinski definition) is 6. The van der Waals surface area contributed by atoms with Gasteiger partial charge in [-0.1, -0.05) is 24.3 Å². The monoisotopic (exact) mass is 426 g/mol. The van der Waals surface area contributed by atoms with Gasteiger partial charge in [0.25, 0.3) is 0 Å². The summed E-state index contributed by atoms with van der Waals surface area (Å²) in [5.74, 6) is 2.00. The fourth-order valence-electron chi connectivity index (χ4n) is 4.59. The van der Waals surface area contributed by atoms with Gasteiger partial charge in [-0.3, -0.25) is 0 Å². The molecule has 0 unspecified atom stereocenters. The normalized spacial score (nSPS) is 20.8. The van der Waals surface area contributed by atoms with Gasteiger partial charge < -0.3 is 20.6 Å². The zero-order valence-electron chi connectivity index (χ0n) is 17.8. The first-order valence-electron chi connectivity index (χ1n) is 11.3. The van der Waals surface area contributed by atoms with Crippen LogP contribution in [0.15, 0.2) is 48.8 Å². The van der Waals surface area contributed by atoms with E-state index in [9.17, 15) is 0 Å². The number of rotatable bonds is 5. The standard InChI is InChI=1S/C24H26N8/c1-3-19(25-11-1)23-27-13-21(29-23)16-7-5-15(6-8-16)17-9-10-18(32-31-17)22-14-28-24(30-22)20-4-2-12-26-20/h5-10,13-14,19-20,25-26H,1-4,11-12H2,(H,27,29)(H,28,30)/t19-,20-/m0/s1. The van der Waals surface area contributed by atoms with E-state index in [1.807, 2.05) is 24.5 Å². The van der Waals surface area contributed by atoms with Gasteiger partial charge in [0.1, 0.15) is 17.3 Å². The van der Waals surface area contributed by atoms with Crippen LogP contribution in [0.4, 0.5) is 0 Å². The maximum absolute atomic E-state index is 4.57. The summed E-state index contributed by atoms with van der Waals surface area (Å²) in [6, 6.07) is 13.0. The average Bonchev–Trinajstić information content (AvgIpc) is 3.66. The van der Waals surface area contributed by atoms with E-state index in [1.165, 1.54) is 12.8 Å². The van der Waals surface area contributed by atoms with Crippen molar-refractivity contribution in [1.82, 2.24) is 40.8 Å². The van der Waals surface area contributed by atoms with Crippen molar-refractivity contribution >= 4 is 0 Å². The molecule has 6 rings (SSSR count). The molecule has 4 aromatic rings. The van der Waals surface area contributed by atoms with E-state index < -0.39 is 0 Å². The van der Waals surface area contributed by atoms with Crippen molar-refractivity contribution in [3.63, 3.8) is 0 Å². The molecule has 8 nitrogen and oxygen atoms in total. The molecule has 0 amide bonds. The molecule has 2 fully saturated rings. The number of hydrogen-bond donors (Lipinski definition) is 4. The summed E-state index contributed by atoms with van der Waals surface area (Å²) in [5, 5.41) is 15.8. The lowest BCUT2D eigenvalue weighted by atomic mass is 10.1. The van der Waals surface area contributed by atoms with Crippen LogP contribution in [0.25, 0.3) is 33.9 Å². The Morgan fingerprint density at radius 1 is 0.625 bits per heavy atom. The van der Waals surface area contributed by atoms with Gasteiger partial charge in [-0.15, -0.1) is 10.2 Å². The number of H-pyrrole nitrogens is 2. The Morgan fingerprint density at radius 2 is 1.19 bits per heavy atom. The lowest BCUT2D eigenvalue weighted by molar-refractivity contribution is 0.613. The minimum atomic E-state index is 0.315. The van der Waals surface area contributed by atoms with Gasteiger partial charge >= 0.3 is 0 Å². The lowest BCUT2D eigenvalue weighted by Crippen LogP contribution is -2.14. The Kier molecular flexibility index (Phi) is 5.01. The zero-order chi connectivity index (χ0) is 21.3. The van der Waals surface area contributed by atoms with Crippen LogP contribution in [0.2, 0.25) is 0 Å². The van der Waals surface area contributed by atoms with E-state index in [0.29, 0.717) is 12.1 Å². The summed E-state index contributed by atoms with van der Waals surface area (Å²) in [7, 11) is 0. The van der Waals surface area contributed by atoms with Gasteiger partial charge in [0.2, 0.25) is 0 Å². The quantitative estimate of drug-likeness (QED) is 0.387. The predicted octanol–water partition coefficient (Wildman–Crippen LogP) is 3.77. The summed E-state index contributed by atoms with van der Waals surface area (Å²) in [4.78, 5) is 15.9. The highest BCUT2D eigenvalue weighted by Crippen LogP contribution is 2.27. The molecule has 5 heterocycles. The number of nitrogens with zero attached hydrogens (tertiary/aromatic N) is 4. The molecule has 0 radical (unpaired) electrons. The number of aromatic amines is 2. The minimum Gasteiger partial charge on any atom is -0.341 e. The van der Waals surface area contributed by atoms with Crippen molar-refractivity contribution in [3.8, 4) is 33.9 Å². The molecule has 0 aliphatic carbocycles. The molecule has 8 heteroatoms. The molecule has 0 bridgehead atoms. The molecule has 162 valence electrons. The minimum absolute atomic E-state index is 0.315. The van der Waals surface area contributed by atoms with E-state index in [-0.39, 0.29) is 0 Å².